The number of hydrogen-bond donors (Lipinski definition) is 2. The molecule has 2 rings (SSSR count). The molecule has 0 aliphatic carbocycles. The fourth-order valence-electron chi connectivity index (χ4n) is 2.11. The average molecular weight is 315 g/mol. The monoisotopic (exact) mass is 314 g/mol. The van der Waals surface area contributed by atoms with Crippen molar-refractivity contribution in [3.05, 3.63) is 28.5 Å². The van der Waals surface area contributed by atoms with Crippen LogP contribution in [0.3, 0.4) is 0 Å². The van der Waals surface area contributed by atoms with Crippen LogP contribution in [0.25, 0.3) is 0 Å². The normalized spacial score (nSPS) is 23.7. The molecule has 1 heterocycles. The predicted molar refractivity (Wildman–Crippen MR) is 72.9 cm³/mol. The highest BCUT2D eigenvalue weighted by molar-refractivity contribution is 9.10. The van der Waals surface area contributed by atoms with E-state index in [1.165, 1.54) is 6.07 Å². The number of halogens is 2. The second kappa shape index (κ2) is 5.36. The summed E-state index contributed by atoms with van der Waals surface area (Å²) in [6, 6.07) is 4.48. The van der Waals surface area contributed by atoms with Crippen LogP contribution in [0.5, 0.6) is 0 Å². The largest absolute Gasteiger partial charge is 0.326 e. The molecule has 2 N–H and O–H groups in total. The van der Waals surface area contributed by atoms with Gasteiger partial charge in [-0.15, -0.1) is 0 Å². The second-order valence-electron chi connectivity index (χ2n) is 4.92. The van der Waals surface area contributed by atoms with Crippen LogP contribution in [0.2, 0.25) is 0 Å². The first kappa shape index (κ1) is 13.5. The Labute approximate surface area is 114 Å². The molecule has 1 fully saturated rings. The summed E-state index contributed by atoms with van der Waals surface area (Å²) in [5.74, 6) is -0.355. The van der Waals surface area contributed by atoms with Gasteiger partial charge in [0.05, 0.1) is 9.89 Å². The molecule has 0 saturated carbocycles. The van der Waals surface area contributed by atoms with Crippen LogP contribution in [-0.2, 0) is 4.79 Å². The Morgan fingerprint density at radius 1 is 1.56 bits per heavy atom. The average Bonchev–Trinajstić information content (AvgIpc) is 2.35. The third-order valence-corrected chi connectivity index (χ3v) is 3.93. The van der Waals surface area contributed by atoms with Crippen LogP contribution >= 0.6 is 15.9 Å². The van der Waals surface area contributed by atoms with Gasteiger partial charge in [0, 0.05) is 12.2 Å². The van der Waals surface area contributed by atoms with Gasteiger partial charge in [-0.2, -0.15) is 0 Å². The summed E-state index contributed by atoms with van der Waals surface area (Å²) >= 11 is 3.11. The summed E-state index contributed by atoms with van der Waals surface area (Å²) in [5, 5.41) is 6.08. The molecular weight excluding hydrogens is 299 g/mol. The van der Waals surface area contributed by atoms with Gasteiger partial charge in [-0.05, 0) is 60.4 Å². The van der Waals surface area contributed by atoms with Crippen molar-refractivity contribution in [2.45, 2.75) is 19.8 Å². The van der Waals surface area contributed by atoms with E-state index >= 15 is 0 Å². The number of rotatable bonds is 2. The lowest BCUT2D eigenvalue weighted by Gasteiger charge is -2.32. The molecule has 1 saturated heterocycles. The maximum atomic E-state index is 13.1. The summed E-state index contributed by atoms with van der Waals surface area (Å²) in [6.07, 6.45) is 1.87. The summed E-state index contributed by atoms with van der Waals surface area (Å²) in [7, 11) is 0. The molecule has 1 unspecified atom stereocenters. The van der Waals surface area contributed by atoms with E-state index in [1.54, 1.807) is 12.1 Å². The van der Waals surface area contributed by atoms with Crippen molar-refractivity contribution in [1.82, 2.24) is 5.32 Å². The highest BCUT2D eigenvalue weighted by Crippen LogP contribution is 2.28. The van der Waals surface area contributed by atoms with Crippen molar-refractivity contribution in [3.8, 4) is 0 Å². The number of amides is 1. The van der Waals surface area contributed by atoms with Crippen LogP contribution in [-0.4, -0.2) is 19.0 Å². The molecule has 18 heavy (non-hydrogen) atoms. The fraction of sp³-hybridized carbons (Fsp3) is 0.462. The van der Waals surface area contributed by atoms with E-state index in [2.05, 4.69) is 26.6 Å². The number of anilines is 1. The molecule has 0 aromatic heterocycles. The van der Waals surface area contributed by atoms with Crippen molar-refractivity contribution >= 4 is 27.5 Å². The third-order valence-electron chi connectivity index (χ3n) is 3.32. The summed E-state index contributed by atoms with van der Waals surface area (Å²) < 4.78 is 13.5. The van der Waals surface area contributed by atoms with Gasteiger partial charge in [-0.1, -0.05) is 0 Å². The zero-order chi connectivity index (χ0) is 13.2. The lowest BCUT2D eigenvalue weighted by Crippen LogP contribution is -2.46. The summed E-state index contributed by atoms with van der Waals surface area (Å²) in [5.41, 5.74) is 0.221. The van der Waals surface area contributed by atoms with E-state index in [9.17, 15) is 9.18 Å². The number of carbonyl (C=O) groups excluding carboxylic acids is 1. The maximum Gasteiger partial charge on any atom is 0.231 e. The first-order valence-corrected chi connectivity index (χ1v) is 6.78. The molecule has 1 aromatic rings. The van der Waals surface area contributed by atoms with Gasteiger partial charge >= 0.3 is 0 Å². The Hall–Kier alpha value is -0.940. The molecule has 1 aliphatic rings. The van der Waals surface area contributed by atoms with E-state index in [1.807, 2.05) is 6.92 Å². The van der Waals surface area contributed by atoms with Crippen molar-refractivity contribution in [2.75, 3.05) is 18.4 Å². The number of nitrogens with one attached hydrogen (secondary N) is 2. The predicted octanol–water partition coefficient (Wildman–Crippen LogP) is 2.92. The molecule has 1 amide bonds. The van der Waals surface area contributed by atoms with E-state index in [4.69, 9.17) is 0 Å². The molecule has 5 heteroatoms. The first-order valence-electron chi connectivity index (χ1n) is 5.98. The highest BCUT2D eigenvalue weighted by atomic mass is 79.9. The van der Waals surface area contributed by atoms with Crippen molar-refractivity contribution < 1.29 is 9.18 Å². The standard InChI is InChI=1S/C13H16BrFN2O/c1-13(5-2-6-16-8-13)12(18)17-9-3-4-11(15)10(14)7-9/h3-4,7,16H,2,5-6,8H2,1H3,(H,17,18). The van der Waals surface area contributed by atoms with Gasteiger partial charge in [-0.3, -0.25) is 4.79 Å². The Bertz CT molecular complexity index is 458. The lowest BCUT2D eigenvalue weighted by molar-refractivity contribution is -0.125. The van der Waals surface area contributed by atoms with Gasteiger partial charge < -0.3 is 10.6 Å². The Morgan fingerprint density at radius 2 is 2.33 bits per heavy atom. The van der Waals surface area contributed by atoms with Crippen LogP contribution in [0.1, 0.15) is 19.8 Å². The SMILES string of the molecule is CC1(C(=O)Nc2ccc(F)c(Br)c2)CCCNC1. The Morgan fingerprint density at radius 3 is 2.94 bits per heavy atom. The molecule has 0 radical (unpaired) electrons. The van der Waals surface area contributed by atoms with Gasteiger partial charge in [0.1, 0.15) is 5.82 Å². The lowest BCUT2D eigenvalue weighted by atomic mass is 9.82. The van der Waals surface area contributed by atoms with E-state index in [-0.39, 0.29) is 17.1 Å². The smallest absolute Gasteiger partial charge is 0.231 e. The zero-order valence-electron chi connectivity index (χ0n) is 10.2. The van der Waals surface area contributed by atoms with Gasteiger partial charge in [0.25, 0.3) is 0 Å². The second-order valence-corrected chi connectivity index (χ2v) is 5.78. The Kier molecular flexibility index (Phi) is 4.02. The van der Waals surface area contributed by atoms with Crippen LogP contribution < -0.4 is 10.6 Å². The summed E-state index contributed by atoms with van der Waals surface area (Å²) in [4.78, 5) is 12.2. The molecule has 1 atom stereocenters. The number of carbonyl (C=O) groups is 1. The topological polar surface area (TPSA) is 41.1 Å². The molecule has 0 spiro atoms. The minimum absolute atomic E-state index is 0.0202. The minimum atomic E-state index is -0.390. The first-order chi connectivity index (χ1) is 8.51. The molecule has 1 aromatic carbocycles. The zero-order valence-corrected chi connectivity index (χ0v) is 11.8. The van der Waals surface area contributed by atoms with E-state index in [0.717, 1.165) is 19.4 Å². The van der Waals surface area contributed by atoms with Crippen molar-refractivity contribution in [2.24, 2.45) is 5.41 Å². The van der Waals surface area contributed by atoms with Gasteiger partial charge in [0.2, 0.25) is 5.91 Å². The Balaban J connectivity index is 2.08. The van der Waals surface area contributed by atoms with Crippen LogP contribution in [0.15, 0.2) is 22.7 Å². The number of piperidine rings is 1. The highest BCUT2D eigenvalue weighted by Gasteiger charge is 2.34. The van der Waals surface area contributed by atoms with Crippen LogP contribution in [0, 0.1) is 11.2 Å². The molecule has 3 nitrogen and oxygen atoms in total. The van der Waals surface area contributed by atoms with Crippen molar-refractivity contribution in [1.29, 1.82) is 0 Å². The van der Waals surface area contributed by atoms with E-state index in [0.29, 0.717) is 16.7 Å². The third kappa shape index (κ3) is 2.90. The van der Waals surface area contributed by atoms with Crippen molar-refractivity contribution in [3.63, 3.8) is 0 Å². The van der Waals surface area contributed by atoms with Gasteiger partial charge in [-0.25, -0.2) is 4.39 Å². The fourth-order valence-corrected chi connectivity index (χ4v) is 2.48. The quantitative estimate of drug-likeness (QED) is 0.881. The molecule has 0 bridgehead atoms. The number of benzene rings is 1. The minimum Gasteiger partial charge on any atom is -0.326 e. The van der Waals surface area contributed by atoms with E-state index < -0.39 is 0 Å². The van der Waals surface area contributed by atoms with Gasteiger partial charge in [0.15, 0.2) is 0 Å². The molecular formula is C13H16BrFN2O. The maximum absolute atomic E-state index is 13.1. The molecule has 98 valence electrons. The van der Waals surface area contributed by atoms with Crippen LogP contribution in [0.4, 0.5) is 10.1 Å². The molecule has 1 aliphatic heterocycles. The summed E-state index contributed by atoms with van der Waals surface area (Å²) in [6.45, 7) is 3.60. The number of hydrogen-bond acceptors (Lipinski definition) is 2.